The molecule has 0 aromatic heterocycles. The van der Waals surface area contributed by atoms with Gasteiger partial charge in [0.15, 0.2) is 0 Å². The molecular weight excluding hydrogens is 252 g/mol. The molecule has 1 atom stereocenters. The molecule has 1 saturated heterocycles. The first-order chi connectivity index (χ1) is 9.54. The molecule has 0 spiro atoms. The quantitative estimate of drug-likeness (QED) is 0.743. The largest absolute Gasteiger partial charge is 0.369 e. The van der Waals surface area contributed by atoms with Crippen LogP contribution >= 0.6 is 0 Å². The number of carbonyl (C=O) groups excluding carboxylic acids is 1. The summed E-state index contributed by atoms with van der Waals surface area (Å²) >= 11 is 0. The van der Waals surface area contributed by atoms with Crippen LogP contribution in [0.2, 0.25) is 0 Å². The van der Waals surface area contributed by atoms with Crippen LogP contribution in [-0.2, 0) is 9.53 Å². The number of nitrogens with one attached hydrogen (secondary N) is 1. The number of rotatable bonds is 8. The van der Waals surface area contributed by atoms with Crippen molar-refractivity contribution in [1.82, 2.24) is 10.2 Å². The predicted octanol–water partition coefficient (Wildman–Crippen LogP) is 2.29. The van der Waals surface area contributed by atoms with E-state index in [0.717, 1.165) is 51.4 Å². The second-order valence-corrected chi connectivity index (χ2v) is 6.27. The highest BCUT2D eigenvalue weighted by Gasteiger charge is 2.26. The van der Waals surface area contributed by atoms with E-state index in [9.17, 15) is 4.79 Å². The van der Waals surface area contributed by atoms with Crippen molar-refractivity contribution >= 4 is 5.91 Å². The summed E-state index contributed by atoms with van der Waals surface area (Å²) in [5.41, 5.74) is 0. The van der Waals surface area contributed by atoms with Gasteiger partial charge in [0, 0.05) is 19.7 Å². The van der Waals surface area contributed by atoms with Gasteiger partial charge in [0.2, 0.25) is 0 Å². The number of likely N-dealkylation sites (tertiary alicyclic amines) is 1. The number of amides is 1. The molecule has 0 aromatic carbocycles. The Balaban J connectivity index is 2.24. The Morgan fingerprint density at radius 2 is 1.95 bits per heavy atom. The van der Waals surface area contributed by atoms with Gasteiger partial charge >= 0.3 is 0 Å². The van der Waals surface area contributed by atoms with E-state index in [1.165, 1.54) is 0 Å². The lowest BCUT2D eigenvalue weighted by atomic mass is 9.96. The number of hydrogen-bond acceptors (Lipinski definition) is 3. The molecule has 1 fully saturated rings. The zero-order chi connectivity index (χ0) is 15.0. The van der Waals surface area contributed by atoms with Gasteiger partial charge in [-0.05, 0) is 51.1 Å². The molecule has 0 bridgehead atoms. The topological polar surface area (TPSA) is 41.6 Å². The van der Waals surface area contributed by atoms with Crippen molar-refractivity contribution in [2.75, 3.05) is 32.8 Å². The highest BCUT2D eigenvalue weighted by molar-refractivity contribution is 5.80. The number of ether oxygens (including phenoxy) is 1. The summed E-state index contributed by atoms with van der Waals surface area (Å²) < 4.78 is 5.66. The van der Waals surface area contributed by atoms with Crippen LogP contribution in [0, 0.1) is 11.8 Å². The summed E-state index contributed by atoms with van der Waals surface area (Å²) in [7, 11) is 0. The maximum absolute atomic E-state index is 12.3. The summed E-state index contributed by atoms with van der Waals surface area (Å²) in [6, 6.07) is 0. The molecule has 0 radical (unpaired) electrons. The molecule has 1 heterocycles. The maximum Gasteiger partial charge on any atom is 0.251 e. The lowest BCUT2D eigenvalue weighted by molar-refractivity contribution is -0.144. The van der Waals surface area contributed by atoms with Gasteiger partial charge in [-0.1, -0.05) is 20.8 Å². The van der Waals surface area contributed by atoms with Gasteiger partial charge in [0.1, 0.15) is 6.10 Å². The van der Waals surface area contributed by atoms with E-state index in [-0.39, 0.29) is 12.0 Å². The fraction of sp³-hybridized carbons (Fsp3) is 0.938. The zero-order valence-corrected chi connectivity index (χ0v) is 13.7. The first-order valence-corrected chi connectivity index (χ1v) is 8.15. The van der Waals surface area contributed by atoms with Gasteiger partial charge in [0.25, 0.3) is 5.91 Å². The Morgan fingerprint density at radius 1 is 1.30 bits per heavy atom. The summed E-state index contributed by atoms with van der Waals surface area (Å²) in [6.07, 6.45) is 2.94. The molecule has 1 unspecified atom stereocenters. The number of carbonyl (C=O) groups is 1. The molecule has 4 heteroatoms. The number of hydrogen-bond donors (Lipinski definition) is 1. The van der Waals surface area contributed by atoms with Crippen molar-refractivity contribution in [1.29, 1.82) is 0 Å². The van der Waals surface area contributed by atoms with E-state index >= 15 is 0 Å². The molecule has 0 aliphatic carbocycles. The highest BCUT2D eigenvalue weighted by Crippen LogP contribution is 2.17. The monoisotopic (exact) mass is 284 g/mol. The van der Waals surface area contributed by atoms with Gasteiger partial charge in [-0.2, -0.15) is 0 Å². The fourth-order valence-corrected chi connectivity index (χ4v) is 2.51. The normalized spacial score (nSPS) is 18.6. The molecule has 118 valence electrons. The van der Waals surface area contributed by atoms with E-state index in [4.69, 9.17) is 4.74 Å². The lowest BCUT2D eigenvalue weighted by Gasteiger charge is -2.33. The van der Waals surface area contributed by atoms with E-state index in [2.05, 4.69) is 26.1 Å². The molecule has 1 N–H and O–H groups in total. The van der Waals surface area contributed by atoms with Crippen molar-refractivity contribution in [3.05, 3.63) is 0 Å². The van der Waals surface area contributed by atoms with E-state index in [0.29, 0.717) is 12.5 Å². The minimum absolute atomic E-state index is 0.163. The van der Waals surface area contributed by atoms with Crippen LogP contribution in [0.5, 0.6) is 0 Å². The van der Waals surface area contributed by atoms with Crippen LogP contribution in [-0.4, -0.2) is 49.7 Å². The van der Waals surface area contributed by atoms with Crippen molar-refractivity contribution < 1.29 is 9.53 Å². The molecule has 1 rings (SSSR count). The Hall–Kier alpha value is -0.610. The molecule has 4 nitrogen and oxygen atoms in total. The molecule has 0 saturated carbocycles. The summed E-state index contributed by atoms with van der Waals surface area (Å²) in [5.74, 6) is 1.51. The predicted molar refractivity (Wildman–Crippen MR) is 82.7 cm³/mol. The van der Waals surface area contributed by atoms with E-state index in [1.54, 1.807) is 0 Å². The van der Waals surface area contributed by atoms with Gasteiger partial charge in [-0.25, -0.2) is 0 Å². The number of piperidine rings is 1. The zero-order valence-electron chi connectivity index (χ0n) is 13.7. The second-order valence-electron chi connectivity index (χ2n) is 6.27. The molecule has 0 aromatic rings. The van der Waals surface area contributed by atoms with Crippen LogP contribution in [0.3, 0.4) is 0 Å². The molecule has 1 amide bonds. The van der Waals surface area contributed by atoms with Gasteiger partial charge in [0.05, 0.1) is 0 Å². The van der Waals surface area contributed by atoms with Crippen molar-refractivity contribution in [2.45, 2.75) is 53.1 Å². The Bertz CT molecular complexity index is 274. The summed E-state index contributed by atoms with van der Waals surface area (Å²) in [4.78, 5) is 14.3. The van der Waals surface area contributed by atoms with Gasteiger partial charge < -0.3 is 15.0 Å². The highest BCUT2D eigenvalue weighted by atomic mass is 16.5. The Labute approximate surface area is 124 Å². The first-order valence-electron chi connectivity index (χ1n) is 8.15. The first kappa shape index (κ1) is 17.4. The smallest absolute Gasteiger partial charge is 0.251 e. The Morgan fingerprint density at radius 3 is 2.50 bits per heavy atom. The van der Waals surface area contributed by atoms with E-state index < -0.39 is 0 Å². The van der Waals surface area contributed by atoms with Crippen molar-refractivity contribution in [3.63, 3.8) is 0 Å². The Kier molecular flexibility index (Phi) is 8.15. The van der Waals surface area contributed by atoms with Crippen LogP contribution in [0.4, 0.5) is 0 Å². The van der Waals surface area contributed by atoms with E-state index in [1.807, 2.05) is 11.8 Å². The van der Waals surface area contributed by atoms with Crippen molar-refractivity contribution in [3.8, 4) is 0 Å². The van der Waals surface area contributed by atoms with Crippen LogP contribution in [0.25, 0.3) is 0 Å². The molecule has 1 aliphatic heterocycles. The van der Waals surface area contributed by atoms with Gasteiger partial charge in [-0.3, -0.25) is 4.79 Å². The molecular formula is C16H32N2O2. The minimum atomic E-state index is -0.293. The average molecular weight is 284 g/mol. The molecule has 20 heavy (non-hydrogen) atoms. The third-order valence-corrected chi connectivity index (χ3v) is 4.02. The second kappa shape index (κ2) is 9.35. The van der Waals surface area contributed by atoms with Crippen LogP contribution in [0.15, 0.2) is 0 Å². The number of nitrogens with zero attached hydrogens (tertiary/aromatic N) is 1. The maximum atomic E-state index is 12.3. The van der Waals surface area contributed by atoms with Gasteiger partial charge in [-0.15, -0.1) is 0 Å². The average Bonchev–Trinajstić information content (AvgIpc) is 2.44. The standard InChI is InChI=1S/C16H32N2O2/c1-5-17-12-15-6-9-18(10-7-15)16(19)14(4)20-11-8-13(2)3/h13-15,17H,5-12H2,1-4H3. The van der Waals surface area contributed by atoms with Crippen LogP contribution < -0.4 is 5.32 Å². The fourth-order valence-electron chi connectivity index (χ4n) is 2.51. The third kappa shape index (κ3) is 6.23. The van der Waals surface area contributed by atoms with Crippen molar-refractivity contribution in [2.24, 2.45) is 11.8 Å². The summed E-state index contributed by atoms with van der Waals surface area (Å²) in [6.45, 7) is 12.9. The van der Waals surface area contributed by atoms with Crippen LogP contribution in [0.1, 0.15) is 47.0 Å². The third-order valence-electron chi connectivity index (χ3n) is 4.02. The summed E-state index contributed by atoms with van der Waals surface area (Å²) in [5, 5.41) is 3.40. The minimum Gasteiger partial charge on any atom is -0.369 e. The molecule has 1 aliphatic rings. The SMILES string of the molecule is CCNCC1CCN(C(=O)C(C)OCCC(C)C)CC1. The lowest BCUT2D eigenvalue weighted by Crippen LogP contribution is -2.45.